The molecule has 0 aliphatic heterocycles. The molecule has 2 N–H and O–H groups in total. The molecule has 0 aromatic heterocycles. The Kier molecular flexibility index (Phi) is 3.22. The molecular weight excluding hydrogens is 246 g/mol. The van der Waals surface area contributed by atoms with Gasteiger partial charge in [-0.05, 0) is 22.0 Å². The van der Waals surface area contributed by atoms with Crippen LogP contribution in [0, 0.1) is 11.6 Å². The van der Waals surface area contributed by atoms with Crippen LogP contribution in [-0.2, 0) is 6.42 Å². The lowest BCUT2D eigenvalue weighted by molar-refractivity contribution is 0.294. The van der Waals surface area contributed by atoms with Gasteiger partial charge < -0.3 is 10.2 Å². The number of aromatic hydroxyl groups is 1. The van der Waals surface area contributed by atoms with E-state index in [2.05, 4.69) is 15.9 Å². The maximum Gasteiger partial charge on any atom is 0.165 e. The zero-order valence-electron chi connectivity index (χ0n) is 6.52. The summed E-state index contributed by atoms with van der Waals surface area (Å²) >= 11 is 2.86. The Hall–Kier alpha value is -0.680. The largest absolute Gasteiger partial charge is 0.506 e. The summed E-state index contributed by atoms with van der Waals surface area (Å²) < 4.78 is 25.8. The van der Waals surface area contributed by atoms with E-state index in [9.17, 15) is 13.9 Å². The van der Waals surface area contributed by atoms with E-state index in [1.165, 1.54) is 0 Å². The van der Waals surface area contributed by atoms with Crippen LogP contribution in [0.15, 0.2) is 10.5 Å². The first-order chi connectivity index (χ1) is 6.07. The van der Waals surface area contributed by atoms with Gasteiger partial charge in [0.25, 0.3) is 0 Å². The van der Waals surface area contributed by atoms with Gasteiger partial charge >= 0.3 is 0 Å². The molecule has 0 amide bonds. The second-order valence-electron chi connectivity index (χ2n) is 2.45. The van der Waals surface area contributed by atoms with Crippen LogP contribution in [0.25, 0.3) is 0 Å². The molecule has 1 aromatic carbocycles. The minimum absolute atomic E-state index is 0.0786. The van der Waals surface area contributed by atoms with Gasteiger partial charge in [0.05, 0.1) is 4.47 Å². The van der Waals surface area contributed by atoms with Gasteiger partial charge in [-0.2, -0.15) is 0 Å². The molecule has 2 nitrogen and oxygen atoms in total. The number of aliphatic hydroxyl groups is 1. The van der Waals surface area contributed by atoms with Crippen molar-refractivity contribution in [2.24, 2.45) is 0 Å². The van der Waals surface area contributed by atoms with Gasteiger partial charge in [0.2, 0.25) is 0 Å². The number of halogens is 3. The molecule has 72 valence electrons. The molecule has 1 rings (SSSR count). The summed E-state index contributed by atoms with van der Waals surface area (Å²) in [6.07, 6.45) is -0.117. The maximum atomic E-state index is 13.0. The molecule has 5 heteroatoms. The zero-order valence-corrected chi connectivity index (χ0v) is 8.11. The van der Waals surface area contributed by atoms with Crippen molar-refractivity contribution >= 4 is 15.9 Å². The predicted molar refractivity (Wildman–Crippen MR) is 46.5 cm³/mol. The summed E-state index contributed by atoms with van der Waals surface area (Å²) in [6, 6.07) is 0.839. The van der Waals surface area contributed by atoms with E-state index in [0.717, 1.165) is 6.07 Å². The van der Waals surface area contributed by atoms with Gasteiger partial charge in [-0.25, -0.2) is 8.78 Å². The molecule has 0 atom stereocenters. The van der Waals surface area contributed by atoms with Crippen LogP contribution in [0.1, 0.15) is 5.56 Å². The minimum atomic E-state index is -1.12. The quantitative estimate of drug-likeness (QED) is 0.791. The van der Waals surface area contributed by atoms with Crippen LogP contribution in [0.5, 0.6) is 5.75 Å². The number of aliphatic hydroxyl groups excluding tert-OH is 1. The Morgan fingerprint density at radius 2 is 2.00 bits per heavy atom. The molecule has 13 heavy (non-hydrogen) atoms. The Morgan fingerprint density at radius 3 is 2.54 bits per heavy atom. The number of benzene rings is 1. The van der Waals surface area contributed by atoms with Crippen LogP contribution in [0.2, 0.25) is 0 Å². The lowest BCUT2D eigenvalue weighted by Crippen LogP contribution is -1.99. The average molecular weight is 253 g/mol. The van der Waals surface area contributed by atoms with Crippen LogP contribution >= 0.6 is 15.9 Å². The van der Waals surface area contributed by atoms with Gasteiger partial charge in [-0.15, -0.1) is 0 Å². The van der Waals surface area contributed by atoms with Gasteiger partial charge in [0.15, 0.2) is 11.6 Å². The fraction of sp³-hybridized carbons (Fsp3) is 0.250. The molecule has 1 aromatic rings. The molecule has 0 fully saturated rings. The van der Waals surface area contributed by atoms with E-state index in [0.29, 0.717) is 0 Å². The summed E-state index contributed by atoms with van der Waals surface area (Å²) in [5.74, 6) is -2.53. The van der Waals surface area contributed by atoms with Crippen molar-refractivity contribution < 1.29 is 19.0 Å². The average Bonchev–Trinajstić information content (AvgIpc) is 2.09. The van der Waals surface area contributed by atoms with E-state index < -0.39 is 11.6 Å². The first-order valence-corrected chi connectivity index (χ1v) is 4.33. The number of hydrogen-bond donors (Lipinski definition) is 2. The molecule has 0 radical (unpaired) electrons. The maximum absolute atomic E-state index is 13.0. The smallest absolute Gasteiger partial charge is 0.165 e. The monoisotopic (exact) mass is 252 g/mol. The van der Waals surface area contributed by atoms with Crippen molar-refractivity contribution in [1.29, 1.82) is 0 Å². The van der Waals surface area contributed by atoms with E-state index in [1.807, 2.05) is 0 Å². The lowest BCUT2D eigenvalue weighted by atomic mass is 10.1. The first-order valence-electron chi connectivity index (χ1n) is 3.54. The molecule has 0 bridgehead atoms. The summed E-state index contributed by atoms with van der Waals surface area (Å²) in [5.41, 5.74) is -0.214. The minimum Gasteiger partial charge on any atom is -0.506 e. The van der Waals surface area contributed by atoms with Crippen molar-refractivity contribution in [3.05, 3.63) is 27.7 Å². The molecule has 0 heterocycles. The van der Waals surface area contributed by atoms with Crippen molar-refractivity contribution in [2.45, 2.75) is 6.42 Å². The number of phenols is 1. The van der Waals surface area contributed by atoms with Gasteiger partial charge in [-0.3, -0.25) is 0 Å². The van der Waals surface area contributed by atoms with Crippen LogP contribution in [-0.4, -0.2) is 16.8 Å². The summed E-state index contributed by atoms with van der Waals surface area (Å²) in [7, 11) is 0. The fourth-order valence-electron chi connectivity index (χ4n) is 0.975. The molecular formula is C8H7BrF2O2. The summed E-state index contributed by atoms with van der Waals surface area (Å²) in [5, 5.41) is 17.8. The molecule has 0 saturated heterocycles. The molecule has 0 spiro atoms. The molecule has 0 unspecified atom stereocenters. The Morgan fingerprint density at radius 1 is 1.38 bits per heavy atom. The Labute approximate surface area is 81.9 Å². The van der Waals surface area contributed by atoms with Crippen LogP contribution in [0.4, 0.5) is 8.78 Å². The highest BCUT2D eigenvalue weighted by molar-refractivity contribution is 9.10. The van der Waals surface area contributed by atoms with Gasteiger partial charge in [0.1, 0.15) is 5.75 Å². The third-order valence-electron chi connectivity index (χ3n) is 1.60. The van der Waals surface area contributed by atoms with E-state index in [-0.39, 0.29) is 28.8 Å². The number of hydrogen-bond acceptors (Lipinski definition) is 2. The van der Waals surface area contributed by atoms with E-state index in [4.69, 9.17) is 5.11 Å². The van der Waals surface area contributed by atoms with Crippen LogP contribution < -0.4 is 0 Å². The molecule has 0 aliphatic carbocycles. The highest BCUT2D eigenvalue weighted by Crippen LogP contribution is 2.31. The first kappa shape index (κ1) is 10.4. The van der Waals surface area contributed by atoms with Gasteiger partial charge in [0, 0.05) is 18.6 Å². The SMILES string of the molecule is OCCc1c(O)c(Br)cc(F)c1F. The second kappa shape index (κ2) is 4.02. The topological polar surface area (TPSA) is 40.5 Å². The highest BCUT2D eigenvalue weighted by atomic mass is 79.9. The lowest BCUT2D eigenvalue weighted by Gasteiger charge is -2.06. The number of phenolic OH excluding ortho intramolecular Hbond substituents is 1. The normalized spacial score (nSPS) is 10.5. The van der Waals surface area contributed by atoms with Crippen molar-refractivity contribution in [3.8, 4) is 5.75 Å². The zero-order chi connectivity index (χ0) is 10.0. The fourth-order valence-corrected chi connectivity index (χ4v) is 1.42. The second-order valence-corrected chi connectivity index (χ2v) is 3.31. The predicted octanol–water partition coefficient (Wildman–Crippen LogP) is 1.97. The standard InChI is InChI=1S/C8H7BrF2O2/c9-5-3-6(10)7(11)4(1-2-12)8(5)13/h3,12-13H,1-2H2. The van der Waals surface area contributed by atoms with Crippen LogP contribution in [0.3, 0.4) is 0 Å². The van der Waals surface area contributed by atoms with E-state index in [1.54, 1.807) is 0 Å². The van der Waals surface area contributed by atoms with Gasteiger partial charge in [-0.1, -0.05) is 0 Å². The van der Waals surface area contributed by atoms with Crippen molar-refractivity contribution in [2.75, 3.05) is 6.61 Å². The summed E-state index contributed by atoms with van der Waals surface area (Å²) in [4.78, 5) is 0. The summed E-state index contributed by atoms with van der Waals surface area (Å²) in [6.45, 7) is -0.347. The number of rotatable bonds is 2. The Balaban J connectivity index is 3.28. The highest BCUT2D eigenvalue weighted by Gasteiger charge is 2.15. The van der Waals surface area contributed by atoms with E-state index >= 15 is 0 Å². The third-order valence-corrected chi connectivity index (χ3v) is 2.21. The molecule has 0 aliphatic rings. The molecule has 0 saturated carbocycles. The third kappa shape index (κ3) is 1.97. The van der Waals surface area contributed by atoms with Crippen molar-refractivity contribution in [1.82, 2.24) is 0 Å². The Bertz CT molecular complexity index is 302. The van der Waals surface area contributed by atoms with Crippen molar-refractivity contribution in [3.63, 3.8) is 0 Å².